The summed E-state index contributed by atoms with van der Waals surface area (Å²) in [5.41, 5.74) is 0.297. The zero-order chi connectivity index (χ0) is 14.7. The average molecular weight is 391 g/mol. The van der Waals surface area contributed by atoms with Gasteiger partial charge in [-0.3, -0.25) is 19.1 Å². The molecule has 1 amide bonds. The fraction of sp³-hybridized carbons (Fsp3) is 0.154. The average Bonchev–Trinajstić information content (AvgIpc) is 2.41. The minimum atomic E-state index is -0.361. The summed E-state index contributed by atoms with van der Waals surface area (Å²) in [4.78, 5) is 28.6. The lowest BCUT2D eigenvalue weighted by Gasteiger charge is -2.05. The highest BCUT2D eigenvalue weighted by atomic mass is 79.9. The standard InChI is InChI=1S/C13H12ClN3O2S.BrH/c1-15-13-17(2)11(18)7-10(20-13)12(19)16-9-5-3-4-8(14)6-9;/h3-7H,1-2H3,(H,16,19);1H. The van der Waals surface area contributed by atoms with Gasteiger partial charge >= 0.3 is 0 Å². The Labute approximate surface area is 140 Å². The predicted molar refractivity (Wildman–Crippen MR) is 90.8 cm³/mol. The van der Waals surface area contributed by atoms with Crippen LogP contribution in [0, 0.1) is 0 Å². The zero-order valence-corrected chi connectivity index (χ0v) is 14.6. The number of hydrogen-bond donors (Lipinski definition) is 1. The lowest BCUT2D eigenvalue weighted by atomic mass is 10.3. The normalized spacial score (nSPS) is 10.9. The van der Waals surface area contributed by atoms with Gasteiger partial charge in [-0.1, -0.05) is 29.0 Å². The number of carbonyl (C=O) groups is 1. The Kier molecular flexibility index (Phi) is 6.32. The van der Waals surface area contributed by atoms with Crippen molar-refractivity contribution < 1.29 is 4.79 Å². The van der Waals surface area contributed by atoms with Crippen molar-refractivity contribution in [1.29, 1.82) is 0 Å². The molecular weight excluding hydrogens is 378 g/mol. The molecule has 0 aliphatic rings. The molecule has 0 saturated carbocycles. The van der Waals surface area contributed by atoms with E-state index in [4.69, 9.17) is 11.6 Å². The van der Waals surface area contributed by atoms with Crippen LogP contribution in [0.25, 0.3) is 0 Å². The quantitative estimate of drug-likeness (QED) is 0.856. The first-order valence-electron chi connectivity index (χ1n) is 5.72. The predicted octanol–water partition coefficient (Wildman–Crippen LogP) is 2.46. The topological polar surface area (TPSA) is 63.5 Å². The third-order valence-corrected chi connectivity index (χ3v) is 3.97. The molecule has 2 aromatic rings. The molecule has 0 aliphatic carbocycles. The van der Waals surface area contributed by atoms with Crippen LogP contribution < -0.4 is 15.7 Å². The smallest absolute Gasteiger partial charge is 0.266 e. The summed E-state index contributed by atoms with van der Waals surface area (Å²) in [6.07, 6.45) is 0. The molecule has 21 heavy (non-hydrogen) atoms. The van der Waals surface area contributed by atoms with Gasteiger partial charge in [-0.05, 0) is 18.2 Å². The molecule has 8 heteroatoms. The van der Waals surface area contributed by atoms with Crippen LogP contribution in [0.15, 0.2) is 40.1 Å². The Hall–Kier alpha value is -1.44. The molecular formula is C13H13BrClN3O2S. The number of halogens is 2. The summed E-state index contributed by atoms with van der Waals surface area (Å²) in [5, 5.41) is 3.22. The molecule has 0 unspecified atom stereocenters. The SMILES string of the molecule is Br.CN=c1sc(C(=O)Nc2cccc(Cl)c2)cc(=O)n1C. The number of anilines is 1. The Morgan fingerprint density at radius 1 is 1.38 bits per heavy atom. The zero-order valence-electron chi connectivity index (χ0n) is 11.3. The number of aromatic nitrogens is 1. The van der Waals surface area contributed by atoms with Crippen LogP contribution in [0.2, 0.25) is 5.02 Å². The number of nitrogens with zero attached hydrogens (tertiary/aromatic N) is 2. The summed E-state index contributed by atoms with van der Waals surface area (Å²) in [7, 11) is 3.18. The second kappa shape index (κ2) is 7.53. The third kappa shape index (κ3) is 4.26. The minimum absolute atomic E-state index is 0. The van der Waals surface area contributed by atoms with Crippen molar-refractivity contribution >= 4 is 51.5 Å². The van der Waals surface area contributed by atoms with Crippen molar-refractivity contribution in [3.05, 3.63) is 55.4 Å². The number of carbonyl (C=O) groups excluding carboxylic acids is 1. The molecule has 1 aromatic heterocycles. The number of hydrogen-bond acceptors (Lipinski definition) is 4. The van der Waals surface area contributed by atoms with E-state index in [2.05, 4.69) is 10.3 Å². The molecule has 0 fully saturated rings. The van der Waals surface area contributed by atoms with Crippen molar-refractivity contribution in [3.8, 4) is 0 Å². The van der Waals surface area contributed by atoms with Gasteiger partial charge in [-0.2, -0.15) is 0 Å². The molecule has 0 atom stereocenters. The van der Waals surface area contributed by atoms with Gasteiger partial charge in [0.25, 0.3) is 11.5 Å². The highest BCUT2D eigenvalue weighted by Crippen LogP contribution is 2.15. The molecule has 0 aliphatic heterocycles. The Morgan fingerprint density at radius 2 is 2.10 bits per heavy atom. The lowest BCUT2D eigenvalue weighted by molar-refractivity contribution is 0.103. The van der Waals surface area contributed by atoms with Crippen LogP contribution >= 0.6 is 39.9 Å². The van der Waals surface area contributed by atoms with Gasteiger partial charge in [-0.25, -0.2) is 0 Å². The summed E-state index contributed by atoms with van der Waals surface area (Å²) in [6.45, 7) is 0. The van der Waals surface area contributed by atoms with E-state index in [9.17, 15) is 9.59 Å². The summed E-state index contributed by atoms with van der Waals surface area (Å²) in [6, 6.07) is 8.10. The van der Waals surface area contributed by atoms with Crippen LogP contribution in [0.3, 0.4) is 0 Å². The van der Waals surface area contributed by atoms with E-state index in [1.807, 2.05) is 0 Å². The van der Waals surface area contributed by atoms with Crippen molar-refractivity contribution in [2.45, 2.75) is 0 Å². The molecule has 1 aromatic carbocycles. The largest absolute Gasteiger partial charge is 0.321 e. The maximum atomic E-state index is 12.1. The second-order valence-corrected chi connectivity index (χ2v) is 5.42. The fourth-order valence-electron chi connectivity index (χ4n) is 1.57. The second-order valence-electron chi connectivity index (χ2n) is 3.98. The highest BCUT2D eigenvalue weighted by Gasteiger charge is 2.10. The van der Waals surface area contributed by atoms with Gasteiger partial charge in [0.1, 0.15) is 4.88 Å². The molecule has 0 bridgehead atoms. The van der Waals surface area contributed by atoms with E-state index in [0.717, 1.165) is 11.3 Å². The molecule has 0 radical (unpaired) electrons. The Balaban J connectivity index is 0.00000220. The van der Waals surface area contributed by atoms with E-state index in [0.29, 0.717) is 20.4 Å². The van der Waals surface area contributed by atoms with Gasteiger partial charge in [0.15, 0.2) is 4.80 Å². The summed E-state index contributed by atoms with van der Waals surface area (Å²) < 4.78 is 1.39. The van der Waals surface area contributed by atoms with Crippen LogP contribution in [-0.4, -0.2) is 17.5 Å². The van der Waals surface area contributed by atoms with Crippen molar-refractivity contribution in [2.24, 2.45) is 12.0 Å². The Bertz CT molecular complexity index is 785. The molecule has 1 heterocycles. The first-order chi connectivity index (χ1) is 9.51. The summed E-state index contributed by atoms with van der Waals surface area (Å²) >= 11 is 7.00. The molecule has 0 spiro atoms. The number of nitrogens with one attached hydrogen (secondary N) is 1. The fourth-order valence-corrected chi connectivity index (χ4v) is 2.57. The van der Waals surface area contributed by atoms with Crippen LogP contribution in [0.5, 0.6) is 0 Å². The van der Waals surface area contributed by atoms with Crippen LogP contribution in [0.4, 0.5) is 5.69 Å². The van der Waals surface area contributed by atoms with Gasteiger partial charge in [0.05, 0.1) is 0 Å². The molecule has 1 N–H and O–H groups in total. The maximum absolute atomic E-state index is 12.1. The molecule has 5 nitrogen and oxygen atoms in total. The Morgan fingerprint density at radius 3 is 2.71 bits per heavy atom. The first-order valence-corrected chi connectivity index (χ1v) is 6.91. The van der Waals surface area contributed by atoms with Crippen LogP contribution in [-0.2, 0) is 7.05 Å². The lowest BCUT2D eigenvalue weighted by Crippen LogP contribution is -2.30. The number of amides is 1. The van der Waals surface area contributed by atoms with Gasteiger partial charge in [-0.15, -0.1) is 17.0 Å². The van der Waals surface area contributed by atoms with E-state index in [1.165, 1.54) is 10.6 Å². The van der Waals surface area contributed by atoms with E-state index < -0.39 is 0 Å². The van der Waals surface area contributed by atoms with E-state index in [1.54, 1.807) is 38.4 Å². The van der Waals surface area contributed by atoms with Gasteiger partial charge in [0.2, 0.25) is 0 Å². The van der Waals surface area contributed by atoms with Crippen molar-refractivity contribution in [3.63, 3.8) is 0 Å². The monoisotopic (exact) mass is 389 g/mol. The van der Waals surface area contributed by atoms with Crippen LogP contribution in [0.1, 0.15) is 9.67 Å². The van der Waals surface area contributed by atoms with E-state index in [-0.39, 0.29) is 28.4 Å². The van der Waals surface area contributed by atoms with E-state index >= 15 is 0 Å². The number of benzene rings is 1. The number of rotatable bonds is 2. The third-order valence-electron chi connectivity index (χ3n) is 2.57. The molecule has 112 valence electrons. The first kappa shape index (κ1) is 17.6. The van der Waals surface area contributed by atoms with Crippen molar-refractivity contribution in [2.75, 3.05) is 12.4 Å². The maximum Gasteiger partial charge on any atom is 0.266 e. The molecule has 0 saturated heterocycles. The van der Waals surface area contributed by atoms with Gasteiger partial charge in [0, 0.05) is 30.9 Å². The molecule has 2 rings (SSSR count). The summed E-state index contributed by atoms with van der Waals surface area (Å²) in [5.74, 6) is -0.361. The highest BCUT2D eigenvalue weighted by molar-refractivity contribution is 8.93. The van der Waals surface area contributed by atoms with Gasteiger partial charge < -0.3 is 5.32 Å². The minimum Gasteiger partial charge on any atom is -0.321 e. The van der Waals surface area contributed by atoms with Crippen molar-refractivity contribution in [1.82, 2.24) is 4.57 Å².